The van der Waals surface area contributed by atoms with Gasteiger partial charge in [0.05, 0.1) is 0 Å². The Morgan fingerprint density at radius 3 is 2.50 bits per heavy atom. The third-order valence-electron chi connectivity index (χ3n) is 2.66. The Labute approximate surface area is 95.5 Å². The lowest BCUT2D eigenvalue weighted by Gasteiger charge is -2.36. The number of benzene rings is 1. The largest absolute Gasteiger partial charge is 0.570 e. The van der Waals surface area contributed by atoms with Crippen molar-refractivity contribution < 1.29 is 18.8 Å². The highest BCUT2D eigenvalue weighted by Gasteiger charge is 2.54. The smallest absolute Gasteiger partial charge is 0.168 e. The molecule has 5 heteroatoms. The van der Waals surface area contributed by atoms with E-state index in [0.717, 1.165) is 5.56 Å². The van der Waals surface area contributed by atoms with Crippen LogP contribution in [-0.2, 0) is 9.05 Å². The molecule has 1 fully saturated rings. The van der Waals surface area contributed by atoms with Gasteiger partial charge in [0, 0.05) is 5.41 Å². The Kier molecular flexibility index (Phi) is 3.03. The molecule has 1 aromatic carbocycles. The summed E-state index contributed by atoms with van der Waals surface area (Å²) in [5.41, 5.74) is 0.652. The minimum absolute atomic E-state index is 0.271. The maximum absolute atomic E-state index is 9.46. The van der Waals surface area contributed by atoms with Gasteiger partial charge in [-0.2, -0.15) is 14.3 Å². The van der Waals surface area contributed by atoms with Crippen LogP contribution in [0.1, 0.15) is 25.5 Å². The van der Waals surface area contributed by atoms with Gasteiger partial charge in [0.15, 0.2) is 0 Å². The van der Waals surface area contributed by atoms with Crippen LogP contribution in [0.15, 0.2) is 30.3 Å². The number of hydrogen-bond acceptors (Lipinski definition) is 4. The molecule has 16 heavy (non-hydrogen) atoms. The Morgan fingerprint density at radius 1 is 1.25 bits per heavy atom. The highest BCUT2D eigenvalue weighted by atomic mass is 31.2. The number of hydrogen-bond donors (Lipinski definition) is 2. The number of rotatable bonds is 1. The van der Waals surface area contributed by atoms with Gasteiger partial charge in [0.25, 0.3) is 0 Å². The topological polar surface area (TPSA) is 58.9 Å². The van der Waals surface area contributed by atoms with Crippen LogP contribution in [0, 0.1) is 5.41 Å². The van der Waals surface area contributed by atoms with Crippen molar-refractivity contribution in [2.45, 2.75) is 20.0 Å². The first-order valence-corrected chi connectivity index (χ1v) is 6.66. The molecule has 1 aromatic rings. The lowest BCUT2D eigenvalue weighted by atomic mass is 9.83. The van der Waals surface area contributed by atoms with E-state index in [1.165, 1.54) is 0 Å². The van der Waals surface area contributed by atoms with Crippen LogP contribution in [0.4, 0.5) is 0 Å². The fraction of sp³-hybridized carbons (Fsp3) is 0.455. The predicted molar refractivity (Wildman–Crippen MR) is 61.4 cm³/mol. The first kappa shape index (κ1) is 12.0. The van der Waals surface area contributed by atoms with Crippen LogP contribution in [0.3, 0.4) is 0 Å². The first-order chi connectivity index (χ1) is 7.41. The predicted octanol–water partition coefficient (Wildman–Crippen LogP) is 2.46. The van der Waals surface area contributed by atoms with Gasteiger partial charge in [-0.3, -0.25) is 0 Å². The van der Waals surface area contributed by atoms with Gasteiger partial charge in [0.1, 0.15) is 12.7 Å². The fourth-order valence-electron chi connectivity index (χ4n) is 1.78. The molecule has 0 spiro atoms. The molecule has 0 saturated carbocycles. The highest BCUT2D eigenvalue weighted by Crippen LogP contribution is 2.63. The van der Waals surface area contributed by atoms with Gasteiger partial charge in [-0.25, -0.2) is 0 Å². The van der Waals surface area contributed by atoms with Gasteiger partial charge in [-0.05, 0) is 5.56 Å². The van der Waals surface area contributed by atoms with Crippen molar-refractivity contribution in [3.63, 3.8) is 0 Å². The van der Waals surface area contributed by atoms with Crippen LogP contribution in [0.5, 0.6) is 0 Å². The molecular weight excluding hydrogens is 227 g/mol. The summed E-state index contributed by atoms with van der Waals surface area (Å²) in [6.45, 7) is 4.22. The standard InChI is InChI=1S/C11H16O4P/c1-11(2)8-14-16(12,13)15-10(11)9-6-4-3-5-7-9/h3-7,10,12-13H,8H2,1-2H3/q+1. The average Bonchev–Trinajstić information content (AvgIpc) is 2.24. The van der Waals surface area contributed by atoms with E-state index in [1.54, 1.807) is 0 Å². The second kappa shape index (κ2) is 4.06. The molecule has 4 nitrogen and oxygen atoms in total. The summed E-state index contributed by atoms with van der Waals surface area (Å²) in [4.78, 5) is 18.9. The molecule has 1 heterocycles. The summed E-state index contributed by atoms with van der Waals surface area (Å²) in [5, 5.41) is 0. The molecule has 1 aliphatic heterocycles. The SMILES string of the molecule is CC1(C)CO[P+](O)(O)OC1c1ccccc1. The van der Waals surface area contributed by atoms with Gasteiger partial charge < -0.3 is 0 Å². The van der Waals surface area contributed by atoms with Gasteiger partial charge >= 0.3 is 8.17 Å². The van der Waals surface area contributed by atoms with Crippen LogP contribution < -0.4 is 0 Å². The molecule has 1 unspecified atom stereocenters. The lowest BCUT2D eigenvalue weighted by Crippen LogP contribution is -2.34. The van der Waals surface area contributed by atoms with Gasteiger partial charge in [-0.15, -0.1) is 4.52 Å². The zero-order valence-corrected chi connectivity index (χ0v) is 10.2. The molecule has 0 bridgehead atoms. The van der Waals surface area contributed by atoms with Crippen molar-refractivity contribution in [1.82, 2.24) is 0 Å². The Hall–Kier alpha value is -0.510. The monoisotopic (exact) mass is 243 g/mol. The summed E-state index contributed by atoms with van der Waals surface area (Å²) in [6.07, 6.45) is -0.356. The molecule has 1 saturated heterocycles. The molecule has 0 aromatic heterocycles. The molecule has 0 radical (unpaired) electrons. The average molecular weight is 243 g/mol. The first-order valence-electron chi connectivity index (χ1n) is 5.13. The Bertz CT molecular complexity index is 364. The molecule has 0 amide bonds. The Morgan fingerprint density at radius 2 is 1.88 bits per heavy atom. The zero-order valence-electron chi connectivity index (χ0n) is 9.33. The van der Waals surface area contributed by atoms with E-state index in [0.29, 0.717) is 0 Å². The van der Waals surface area contributed by atoms with Crippen LogP contribution in [0.25, 0.3) is 0 Å². The van der Waals surface area contributed by atoms with Crippen LogP contribution >= 0.6 is 8.17 Å². The summed E-state index contributed by atoms with van der Waals surface area (Å²) in [7, 11) is -3.64. The normalized spacial score (nSPS) is 27.6. The fourth-order valence-corrected chi connectivity index (χ4v) is 3.02. The summed E-state index contributed by atoms with van der Waals surface area (Å²) in [5.74, 6) is 0. The van der Waals surface area contributed by atoms with E-state index >= 15 is 0 Å². The maximum atomic E-state index is 9.46. The minimum atomic E-state index is -3.64. The van der Waals surface area contributed by atoms with Crippen molar-refractivity contribution in [2.24, 2.45) is 5.41 Å². The second-order valence-electron chi connectivity index (χ2n) is 4.65. The third kappa shape index (κ3) is 2.42. The molecule has 0 aliphatic carbocycles. The van der Waals surface area contributed by atoms with Crippen molar-refractivity contribution in [2.75, 3.05) is 6.61 Å². The van der Waals surface area contributed by atoms with Crippen molar-refractivity contribution in [3.05, 3.63) is 35.9 Å². The van der Waals surface area contributed by atoms with E-state index in [-0.39, 0.29) is 18.1 Å². The van der Waals surface area contributed by atoms with Crippen molar-refractivity contribution in [1.29, 1.82) is 0 Å². The minimum Gasteiger partial charge on any atom is -0.168 e. The molecule has 1 atom stereocenters. The quantitative estimate of drug-likeness (QED) is 0.744. The van der Waals surface area contributed by atoms with E-state index in [4.69, 9.17) is 9.05 Å². The maximum Gasteiger partial charge on any atom is 0.570 e. The van der Waals surface area contributed by atoms with Crippen molar-refractivity contribution in [3.8, 4) is 0 Å². The van der Waals surface area contributed by atoms with Crippen LogP contribution in [-0.4, -0.2) is 16.4 Å². The van der Waals surface area contributed by atoms with Crippen molar-refractivity contribution >= 4 is 8.17 Å². The molecule has 1 aliphatic rings. The molecule has 88 valence electrons. The summed E-state index contributed by atoms with van der Waals surface area (Å²) >= 11 is 0. The van der Waals surface area contributed by atoms with Gasteiger partial charge in [0.2, 0.25) is 0 Å². The van der Waals surface area contributed by atoms with Crippen LogP contribution in [0.2, 0.25) is 0 Å². The lowest BCUT2D eigenvalue weighted by molar-refractivity contribution is -0.0632. The third-order valence-corrected chi connectivity index (χ3v) is 3.61. The summed E-state index contributed by atoms with van der Waals surface area (Å²) < 4.78 is 10.2. The van der Waals surface area contributed by atoms with Gasteiger partial charge in [-0.1, -0.05) is 44.2 Å². The van der Waals surface area contributed by atoms with E-state index in [1.807, 2.05) is 44.2 Å². The second-order valence-corrected chi connectivity index (χ2v) is 6.10. The molecule has 2 N–H and O–H groups in total. The van der Waals surface area contributed by atoms with E-state index < -0.39 is 8.17 Å². The van der Waals surface area contributed by atoms with E-state index in [9.17, 15) is 9.79 Å². The van der Waals surface area contributed by atoms with E-state index in [2.05, 4.69) is 0 Å². The zero-order chi connectivity index (χ0) is 11.8. The summed E-state index contributed by atoms with van der Waals surface area (Å²) in [6, 6.07) is 9.55. The molecule has 2 rings (SSSR count). The Balaban J connectivity index is 2.30. The molecular formula is C11H16O4P+. The highest BCUT2D eigenvalue weighted by molar-refractivity contribution is 7.54.